The second-order valence-corrected chi connectivity index (χ2v) is 2.82. The lowest BCUT2D eigenvalue weighted by molar-refractivity contribution is 0.715. The number of allylic oxidation sites excluding steroid dienone is 2. The third-order valence-electron chi connectivity index (χ3n) is 1.20. The van der Waals surface area contributed by atoms with Gasteiger partial charge in [0.15, 0.2) is 0 Å². The normalized spacial score (nSPS) is 29.8. The van der Waals surface area contributed by atoms with Crippen molar-refractivity contribution in [1.29, 1.82) is 0 Å². The van der Waals surface area contributed by atoms with Crippen LogP contribution in [0, 0.1) is 6.08 Å². The van der Waals surface area contributed by atoms with Gasteiger partial charge in [-0.15, -0.1) is 11.6 Å². The molecule has 1 unspecified atom stereocenters. The van der Waals surface area contributed by atoms with Crippen LogP contribution in [-0.4, -0.2) is 5.38 Å². The first-order valence-electron chi connectivity index (χ1n) is 2.71. The maximum Gasteiger partial charge on any atom is 0.0695 e. The summed E-state index contributed by atoms with van der Waals surface area (Å²) in [5.41, 5.74) is 0. The zero-order valence-corrected chi connectivity index (χ0v) is 5.97. The van der Waals surface area contributed by atoms with Gasteiger partial charge in [0.05, 0.1) is 5.38 Å². The van der Waals surface area contributed by atoms with Crippen molar-refractivity contribution in [3.8, 4) is 0 Å². The van der Waals surface area contributed by atoms with E-state index in [0.29, 0.717) is 5.03 Å². The molecule has 2 heteroatoms. The lowest BCUT2D eigenvalue weighted by Gasteiger charge is -2.11. The molecule has 0 aromatic carbocycles. The molecule has 8 heavy (non-hydrogen) atoms. The Bertz CT molecular complexity index is 107. The molecule has 0 amide bonds. The molecule has 1 atom stereocenters. The summed E-state index contributed by atoms with van der Waals surface area (Å²) in [6.07, 6.45) is 6.09. The highest BCUT2D eigenvalue weighted by Crippen LogP contribution is 2.24. The highest BCUT2D eigenvalue weighted by Gasteiger charge is 2.11. The van der Waals surface area contributed by atoms with Crippen LogP contribution in [0.3, 0.4) is 0 Å². The Morgan fingerprint density at radius 1 is 1.62 bits per heavy atom. The van der Waals surface area contributed by atoms with Gasteiger partial charge in [0, 0.05) is 5.03 Å². The molecule has 0 nitrogen and oxygen atoms in total. The molecule has 0 fully saturated rings. The van der Waals surface area contributed by atoms with Crippen LogP contribution >= 0.6 is 23.2 Å². The van der Waals surface area contributed by atoms with Crippen LogP contribution in [0.15, 0.2) is 5.03 Å². The van der Waals surface area contributed by atoms with Crippen LogP contribution in [0.5, 0.6) is 0 Å². The Hall–Kier alpha value is 0.320. The van der Waals surface area contributed by atoms with Gasteiger partial charge in [-0.2, -0.15) is 0 Å². The van der Waals surface area contributed by atoms with Gasteiger partial charge in [-0.3, -0.25) is 0 Å². The summed E-state index contributed by atoms with van der Waals surface area (Å²) in [4.78, 5) is 0. The topological polar surface area (TPSA) is 0 Å². The second kappa shape index (κ2) is 2.75. The average molecular weight is 150 g/mol. The second-order valence-electron chi connectivity index (χ2n) is 1.88. The largest absolute Gasteiger partial charge is 0.117 e. The summed E-state index contributed by atoms with van der Waals surface area (Å²) in [7, 11) is 0. The van der Waals surface area contributed by atoms with Gasteiger partial charge in [-0.05, 0) is 25.3 Å². The van der Waals surface area contributed by atoms with Crippen LogP contribution in [0.4, 0.5) is 0 Å². The number of halogens is 2. The molecule has 0 aliphatic heterocycles. The van der Waals surface area contributed by atoms with Crippen molar-refractivity contribution in [1.82, 2.24) is 0 Å². The molecule has 1 radical (unpaired) electrons. The number of rotatable bonds is 0. The molecule has 45 valence electrons. The Labute approximate surface area is 59.5 Å². The van der Waals surface area contributed by atoms with Crippen molar-refractivity contribution < 1.29 is 0 Å². The van der Waals surface area contributed by atoms with Crippen molar-refractivity contribution in [2.45, 2.75) is 24.6 Å². The Balaban J connectivity index is 2.53. The van der Waals surface area contributed by atoms with Crippen molar-refractivity contribution in [3.63, 3.8) is 0 Å². The van der Waals surface area contributed by atoms with Crippen molar-refractivity contribution >= 4 is 23.2 Å². The molecule has 0 aromatic rings. The van der Waals surface area contributed by atoms with E-state index in [1.54, 1.807) is 0 Å². The molecule has 0 spiro atoms. The minimum Gasteiger partial charge on any atom is -0.117 e. The predicted octanol–water partition coefficient (Wildman–Crippen LogP) is 2.70. The monoisotopic (exact) mass is 149 g/mol. The lowest BCUT2D eigenvalue weighted by atomic mass is 10.1. The SMILES string of the molecule is ClC1=[C]CCCC1Cl. The van der Waals surface area contributed by atoms with Gasteiger partial charge in [-0.1, -0.05) is 11.6 Å². The minimum absolute atomic E-state index is 0.0467. The van der Waals surface area contributed by atoms with Gasteiger partial charge >= 0.3 is 0 Å². The Morgan fingerprint density at radius 2 is 2.38 bits per heavy atom. The van der Waals surface area contributed by atoms with E-state index in [1.165, 1.54) is 0 Å². The fourth-order valence-corrected chi connectivity index (χ4v) is 1.16. The van der Waals surface area contributed by atoms with Crippen LogP contribution in [-0.2, 0) is 0 Å². The summed E-state index contributed by atoms with van der Waals surface area (Å²) in [5.74, 6) is 0. The zero-order valence-electron chi connectivity index (χ0n) is 4.45. The van der Waals surface area contributed by atoms with Crippen LogP contribution in [0.2, 0.25) is 0 Å². The highest BCUT2D eigenvalue weighted by molar-refractivity contribution is 6.37. The molecule has 0 heterocycles. The van der Waals surface area contributed by atoms with Crippen LogP contribution in [0.25, 0.3) is 0 Å². The summed E-state index contributed by atoms with van der Waals surface area (Å²) in [5, 5.41) is 0.753. The fourth-order valence-electron chi connectivity index (χ4n) is 0.727. The maximum absolute atomic E-state index is 5.74. The molecular weight excluding hydrogens is 143 g/mol. The first-order valence-corrected chi connectivity index (χ1v) is 3.52. The van der Waals surface area contributed by atoms with E-state index in [0.717, 1.165) is 19.3 Å². The van der Waals surface area contributed by atoms with Crippen LogP contribution in [0.1, 0.15) is 19.3 Å². The average Bonchev–Trinajstić information content (AvgIpc) is 1.77. The van der Waals surface area contributed by atoms with Gasteiger partial charge in [0.1, 0.15) is 0 Å². The van der Waals surface area contributed by atoms with Crippen molar-refractivity contribution in [2.75, 3.05) is 0 Å². The fraction of sp³-hybridized carbons (Fsp3) is 0.667. The van der Waals surface area contributed by atoms with Gasteiger partial charge in [0.2, 0.25) is 0 Å². The van der Waals surface area contributed by atoms with E-state index in [4.69, 9.17) is 23.2 Å². The molecule has 1 rings (SSSR count). The van der Waals surface area contributed by atoms with E-state index < -0.39 is 0 Å². The van der Waals surface area contributed by atoms with Gasteiger partial charge in [-0.25, -0.2) is 0 Å². The summed E-state index contributed by atoms with van der Waals surface area (Å²) in [6, 6.07) is 0. The van der Waals surface area contributed by atoms with Gasteiger partial charge < -0.3 is 0 Å². The van der Waals surface area contributed by atoms with E-state index in [-0.39, 0.29) is 5.38 Å². The molecule has 0 aromatic heterocycles. The molecule has 0 saturated heterocycles. The third kappa shape index (κ3) is 1.40. The summed E-state index contributed by atoms with van der Waals surface area (Å²) < 4.78 is 0. The summed E-state index contributed by atoms with van der Waals surface area (Å²) >= 11 is 11.4. The van der Waals surface area contributed by atoms with E-state index in [2.05, 4.69) is 6.08 Å². The summed E-state index contributed by atoms with van der Waals surface area (Å²) in [6.45, 7) is 0. The third-order valence-corrected chi connectivity index (χ3v) is 2.15. The Morgan fingerprint density at radius 3 is 2.75 bits per heavy atom. The maximum atomic E-state index is 5.74. The molecular formula is C6H7Cl2. The minimum atomic E-state index is 0.0467. The van der Waals surface area contributed by atoms with E-state index in [9.17, 15) is 0 Å². The molecule has 0 bridgehead atoms. The first kappa shape index (κ1) is 6.44. The standard InChI is InChI=1S/C6H7Cl2/c7-5-3-1-2-4-6(5)8/h5H,1-3H2. The smallest absolute Gasteiger partial charge is 0.0695 e. The molecule has 0 saturated carbocycles. The van der Waals surface area contributed by atoms with Gasteiger partial charge in [0.25, 0.3) is 0 Å². The van der Waals surface area contributed by atoms with Crippen molar-refractivity contribution in [2.24, 2.45) is 0 Å². The number of hydrogen-bond donors (Lipinski definition) is 0. The lowest BCUT2D eigenvalue weighted by Crippen LogP contribution is -2.02. The Kier molecular flexibility index (Phi) is 2.21. The number of hydrogen-bond acceptors (Lipinski definition) is 0. The van der Waals surface area contributed by atoms with Crippen molar-refractivity contribution in [3.05, 3.63) is 11.1 Å². The molecule has 1 aliphatic carbocycles. The molecule has 1 aliphatic rings. The number of alkyl halides is 1. The van der Waals surface area contributed by atoms with Crippen LogP contribution < -0.4 is 0 Å². The quantitative estimate of drug-likeness (QED) is 0.465. The van der Waals surface area contributed by atoms with E-state index >= 15 is 0 Å². The zero-order chi connectivity index (χ0) is 5.98. The predicted molar refractivity (Wildman–Crippen MR) is 36.1 cm³/mol. The van der Waals surface area contributed by atoms with E-state index in [1.807, 2.05) is 0 Å². The first-order chi connectivity index (χ1) is 3.80. The molecule has 0 N–H and O–H groups in total. The highest BCUT2D eigenvalue weighted by atomic mass is 35.5.